The van der Waals surface area contributed by atoms with Crippen LogP contribution in [0.25, 0.3) is 0 Å². The number of carbonyl (C=O) groups excluding carboxylic acids is 1. The van der Waals surface area contributed by atoms with Gasteiger partial charge in [0.25, 0.3) is 0 Å². The first-order valence-corrected chi connectivity index (χ1v) is 8.25. The van der Waals surface area contributed by atoms with E-state index in [4.69, 9.17) is 10.5 Å². The number of carbonyl (C=O) groups is 1. The van der Waals surface area contributed by atoms with Crippen molar-refractivity contribution in [1.29, 1.82) is 0 Å². The van der Waals surface area contributed by atoms with Crippen molar-refractivity contribution in [3.63, 3.8) is 0 Å². The Morgan fingerprint density at radius 2 is 1.91 bits per heavy atom. The molecule has 0 spiro atoms. The summed E-state index contributed by atoms with van der Waals surface area (Å²) in [6, 6.07) is 2.36. The van der Waals surface area contributed by atoms with E-state index >= 15 is 0 Å². The topological polar surface area (TPSA) is 58.8 Å². The SMILES string of the molecule is NCC1CN(c2cc(F)c(N3CCSCC3)c(F)c2)C(=O)O1. The molecule has 22 heavy (non-hydrogen) atoms. The molecular formula is C14H17F2N3O2S. The van der Waals surface area contributed by atoms with E-state index in [-0.39, 0.29) is 24.5 Å². The molecule has 8 heteroatoms. The van der Waals surface area contributed by atoms with E-state index in [1.54, 1.807) is 16.7 Å². The zero-order valence-corrected chi connectivity index (χ0v) is 12.7. The van der Waals surface area contributed by atoms with Gasteiger partial charge >= 0.3 is 6.09 Å². The highest BCUT2D eigenvalue weighted by Crippen LogP contribution is 2.32. The number of nitrogens with two attached hydrogens (primary N) is 1. The maximum Gasteiger partial charge on any atom is 0.414 e. The second-order valence-electron chi connectivity index (χ2n) is 5.21. The van der Waals surface area contributed by atoms with Crippen molar-refractivity contribution in [2.45, 2.75) is 6.10 Å². The molecule has 0 radical (unpaired) electrons. The molecule has 5 nitrogen and oxygen atoms in total. The summed E-state index contributed by atoms with van der Waals surface area (Å²) in [5, 5.41) is 0. The molecule has 2 aliphatic rings. The predicted molar refractivity (Wildman–Crippen MR) is 82.6 cm³/mol. The van der Waals surface area contributed by atoms with Crippen LogP contribution in [0.4, 0.5) is 25.0 Å². The van der Waals surface area contributed by atoms with E-state index in [0.29, 0.717) is 13.1 Å². The van der Waals surface area contributed by atoms with Crippen molar-refractivity contribution in [2.24, 2.45) is 5.73 Å². The molecule has 0 saturated carbocycles. The Morgan fingerprint density at radius 1 is 1.27 bits per heavy atom. The first-order chi connectivity index (χ1) is 10.6. The Kier molecular flexibility index (Phi) is 4.39. The highest BCUT2D eigenvalue weighted by atomic mass is 32.2. The number of hydrogen-bond acceptors (Lipinski definition) is 5. The Bertz CT molecular complexity index is 558. The fourth-order valence-electron chi connectivity index (χ4n) is 2.65. The summed E-state index contributed by atoms with van der Waals surface area (Å²) in [6.07, 6.45) is -1.08. The summed E-state index contributed by atoms with van der Waals surface area (Å²) in [5.74, 6) is 0.367. The third kappa shape index (κ3) is 2.85. The van der Waals surface area contributed by atoms with Crippen molar-refractivity contribution in [2.75, 3.05) is 47.5 Å². The van der Waals surface area contributed by atoms with Crippen LogP contribution < -0.4 is 15.5 Å². The lowest BCUT2D eigenvalue weighted by molar-refractivity contribution is 0.145. The van der Waals surface area contributed by atoms with Gasteiger partial charge in [-0.05, 0) is 0 Å². The Balaban J connectivity index is 1.87. The normalized spacial score (nSPS) is 22.1. The lowest BCUT2D eigenvalue weighted by atomic mass is 10.2. The number of thioether (sulfide) groups is 1. The quantitative estimate of drug-likeness (QED) is 0.916. The summed E-state index contributed by atoms with van der Waals surface area (Å²) in [6.45, 7) is 1.60. The molecule has 1 aromatic rings. The van der Waals surface area contributed by atoms with Gasteiger partial charge in [0.15, 0.2) is 11.6 Å². The van der Waals surface area contributed by atoms with Gasteiger partial charge in [0.05, 0.1) is 12.2 Å². The molecule has 2 aliphatic heterocycles. The molecule has 0 bridgehead atoms. The van der Waals surface area contributed by atoms with Crippen LogP contribution in [0.3, 0.4) is 0 Å². The average molecular weight is 329 g/mol. The monoisotopic (exact) mass is 329 g/mol. The second-order valence-corrected chi connectivity index (χ2v) is 6.43. The minimum absolute atomic E-state index is 0.0213. The number of amides is 1. The summed E-state index contributed by atoms with van der Waals surface area (Å²) in [7, 11) is 0. The molecule has 1 unspecified atom stereocenters. The van der Waals surface area contributed by atoms with E-state index in [2.05, 4.69) is 0 Å². The van der Waals surface area contributed by atoms with Crippen molar-refractivity contribution < 1.29 is 18.3 Å². The number of hydrogen-bond donors (Lipinski definition) is 1. The molecule has 1 atom stereocenters. The number of halogens is 2. The van der Waals surface area contributed by atoms with Gasteiger partial charge in [-0.1, -0.05) is 0 Å². The van der Waals surface area contributed by atoms with Gasteiger partial charge in [-0.15, -0.1) is 0 Å². The Morgan fingerprint density at radius 3 is 2.45 bits per heavy atom. The van der Waals surface area contributed by atoms with Gasteiger partial charge in [-0.3, -0.25) is 4.90 Å². The molecule has 0 aliphatic carbocycles. The second kappa shape index (κ2) is 6.29. The smallest absolute Gasteiger partial charge is 0.414 e. The molecule has 3 rings (SSSR count). The molecule has 2 fully saturated rings. The lowest BCUT2D eigenvalue weighted by Crippen LogP contribution is -2.34. The number of ether oxygens (including phenoxy) is 1. The highest BCUT2D eigenvalue weighted by Gasteiger charge is 2.33. The largest absolute Gasteiger partial charge is 0.443 e. The van der Waals surface area contributed by atoms with E-state index in [1.165, 1.54) is 17.0 Å². The van der Waals surface area contributed by atoms with Crippen LogP contribution in [0, 0.1) is 11.6 Å². The Hall–Kier alpha value is -1.54. The van der Waals surface area contributed by atoms with E-state index < -0.39 is 23.8 Å². The molecule has 1 aromatic carbocycles. The van der Waals surface area contributed by atoms with Gasteiger partial charge in [-0.25, -0.2) is 13.6 Å². The van der Waals surface area contributed by atoms with Crippen molar-refractivity contribution in [1.82, 2.24) is 0 Å². The molecule has 2 N–H and O–H groups in total. The minimum Gasteiger partial charge on any atom is -0.443 e. The van der Waals surface area contributed by atoms with Gasteiger partial charge in [-0.2, -0.15) is 11.8 Å². The standard InChI is InChI=1S/C14H17F2N3O2S/c15-11-5-9(19-8-10(7-17)21-14(19)20)6-12(16)13(11)18-1-3-22-4-2-18/h5-6,10H,1-4,7-8,17H2. The Labute approximate surface area is 131 Å². The van der Waals surface area contributed by atoms with Crippen LogP contribution in [0.15, 0.2) is 12.1 Å². The summed E-state index contributed by atoms with van der Waals surface area (Å²) in [4.78, 5) is 14.7. The van der Waals surface area contributed by atoms with Crippen LogP contribution in [0.1, 0.15) is 0 Å². The van der Waals surface area contributed by atoms with Gasteiger partial charge in [0, 0.05) is 43.3 Å². The third-order valence-corrected chi connectivity index (χ3v) is 4.72. The maximum absolute atomic E-state index is 14.4. The first-order valence-electron chi connectivity index (χ1n) is 7.10. The molecular weight excluding hydrogens is 312 g/mol. The fourth-order valence-corrected chi connectivity index (χ4v) is 3.56. The highest BCUT2D eigenvalue weighted by molar-refractivity contribution is 7.99. The lowest BCUT2D eigenvalue weighted by Gasteiger charge is -2.29. The van der Waals surface area contributed by atoms with Gasteiger partial charge in [0.1, 0.15) is 11.8 Å². The van der Waals surface area contributed by atoms with Crippen molar-refractivity contribution >= 4 is 29.2 Å². The average Bonchev–Trinajstić information content (AvgIpc) is 2.89. The maximum atomic E-state index is 14.4. The van der Waals surface area contributed by atoms with Crippen molar-refractivity contribution in [3.8, 4) is 0 Å². The van der Waals surface area contributed by atoms with Gasteiger partial charge < -0.3 is 15.4 Å². The summed E-state index contributed by atoms with van der Waals surface area (Å²) >= 11 is 1.76. The number of anilines is 2. The fraction of sp³-hybridized carbons (Fsp3) is 0.500. The molecule has 2 heterocycles. The van der Waals surface area contributed by atoms with Crippen LogP contribution in [-0.4, -0.2) is 49.9 Å². The predicted octanol–water partition coefficient (Wildman–Crippen LogP) is 1.80. The molecule has 1 amide bonds. The minimum atomic E-state index is -0.661. The number of rotatable bonds is 3. The summed E-state index contributed by atoms with van der Waals surface area (Å²) in [5.41, 5.74) is 5.59. The van der Waals surface area contributed by atoms with Crippen molar-refractivity contribution in [3.05, 3.63) is 23.8 Å². The van der Waals surface area contributed by atoms with Gasteiger partial charge in [0.2, 0.25) is 0 Å². The third-order valence-electron chi connectivity index (χ3n) is 3.78. The first kappa shape index (κ1) is 15.4. The van der Waals surface area contributed by atoms with Crippen LogP contribution in [0.5, 0.6) is 0 Å². The van der Waals surface area contributed by atoms with Crippen LogP contribution in [-0.2, 0) is 4.74 Å². The molecule has 0 aromatic heterocycles. The van der Waals surface area contributed by atoms with Crippen LogP contribution in [0.2, 0.25) is 0 Å². The van der Waals surface area contributed by atoms with E-state index in [0.717, 1.165) is 11.5 Å². The molecule has 120 valence electrons. The number of nitrogens with zero attached hydrogens (tertiary/aromatic N) is 2. The summed E-state index contributed by atoms with van der Waals surface area (Å²) < 4.78 is 33.7. The van der Waals surface area contributed by atoms with Crippen LogP contribution >= 0.6 is 11.8 Å². The van der Waals surface area contributed by atoms with E-state index in [1.807, 2.05) is 0 Å². The van der Waals surface area contributed by atoms with E-state index in [9.17, 15) is 13.6 Å². The number of cyclic esters (lactones) is 1. The zero-order valence-electron chi connectivity index (χ0n) is 11.9. The molecule has 2 saturated heterocycles. The number of benzene rings is 1. The zero-order chi connectivity index (χ0) is 15.7.